The van der Waals surface area contributed by atoms with E-state index in [1.807, 2.05) is 0 Å². The number of aliphatic hydroxyl groups excluding tert-OH is 1. The quantitative estimate of drug-likeness (QED) is 0.552. The summed E-state index contributed by atoms with van der Waals surface area (Å²) in [5.74, 6) is 0.905. The molecule has 0 amide bonds. The summed E-state index contributed by atoms with van der Waals surface area (Å²) in [7, 11) is 0. The minimum Gasteiger partial charge on any atom is -0.491 e. The molecule has 106 valence electrons. The van der Waals surface area contributed by atoms with Crippen molar-refractivity contribution in [3.8, 4) is 5.75 Å². The van der Waals surface area contributed by atoms with Gasteiger partial charge in [0.15, 0.2) is 0 Å². The Balaban J connectivity index is 2.35. The molecule has 2 N–H and O–H groups in total. The van der Waals surface area contributed by atoms with Gasteiger partial charge in [-0.15, -0.1) is 0 Å². The number of non-ortho nitro benzene ring substituents is 1. The molecule has 19 heavy (non-hydrogen) atoms. The maximum atomic E-state index is 10.6. The Morgan fingerprint density at radius 3 is 2.79 bits per heavy atom. The first-order valence-corrected chi connectivity index (χ1v) is 6.25. The fraction of sp³-hybridized carbons (Fsp3) is 0.538. The molecule has 1 aromatic rings. The summed E-state index contributed by atoms with van der Waals surface area (Å²) in [6, 6.07) is 5.92. The standard InChI is InChI=1S/C13H20N2O4/c1-10(2)7-14-8-12(16)9-19-13-5-3-4-11(6-13)15(17)18/h3-6,10,12,14,16H,7-9H2,1-2H3. The first kappa shape index (κ1) is 15.4. The van der Waals surface area contributed by atoms with Crippen molar-refractivity contribution in [2.45, 2.75) is 20.0 Å². The summed E-state index contributed by atoms with van der Waals surface area (Å²) in [6.07, 6.45) is -0.641. The highest BCUT2D eigenvalue weighted by molar-refractivity contribution is 5.37. The van der Waals surface area contributed by atoms with E-state index in [0.29, 0.717) is 18.2 Å². The fourth-order valence-corrected chi connectivity index (χ4v) is 1.48. The molecule has 6 nitrogen and oxygen atoms in total. The van der Waals surface area contributed by atoms with Gasteiger partial charge in [0.2, 0.25) is 0 Å². The van der Waals surface area contributed by atoms with Gasteiger partial charge >= 0.3 is 0 Å². The molecule has 0 aromatic heterocycles. The highest BCUT2D eigenvalue weighted by atomic mass is 16.6. The van der Waals surface area contributed by atoms with Crippen LogP contribution in [0, 0.1) is 16.0 Å². The number of hydrogen-bond acceptors (Lipinski definition) is 5. The molecule has 0 saturated carbocycles. The topological polar surface area (TPSA) is 84.6 Å². The number of nitrogens with one attached hydrogen (secondary N) is 1. The van der Waals surface area contributed by atoms with E-state index in [1.165, 1.54) is 12.1 Å². The SMILES string of the molecule is CC(C)CNCC(O)COc1cccc([N+](=O)[O-])c1. The van der Waals surface area contributed by atoms with E-state index < -0.39 is 11.0 Å². The summed E-state index contributed by atoms with van der Waals surface area (Å²) < 4.78 is 5.32. The predicted octanol–water partition coefficient (Wildman–Crippen LogP) is 1.58. The Kier molecular flexibility index (Phi) is 6.24. The molecule has 0 bridgehead atoms. The number of benzene rings is 1. The maximum Gasteiger partial charge on any atom is 0.273 e. The van der Waals surface area contributed by atoms with Crippen LogP contribution in [0.25, 0.3) is 0 Å². The average Bonchev–Trinajstić information content (AvgIpc) is 2.36. The van der Waals surface area contributed by atoms with E-state index in [-0.39, 0.29) is 12.3 Å². The van der Waals surface area contributed by atoms with Gasteiger partial charge in [-0.3, -0.25) is 10.1 Å². The van der Waals surface area contributed by atoms with Crippen LogP contribution in [0.2, 0.25) is 0 Å². The van der Waals surface area contributed by atoms with Crippen LogP contribution in [-0.2, 0) is 0 Å². The number of nitro groups is 1. The molecular weight excluding hydrogens is 248 g/mol. The van der Waals surface area contributed by atoms with Gasteiger partial charge in [-0.25, -0.2) is 0 Å². The lowest BCUT2D eigenvalue weighted by Gasteiger charge is -2.14. The lowest BCUT2D eigenvalue weighted by atomic mass is 10.2. The molecule has 0 spiro atoms. The third kappa shape index (κ3) is 6.17. The lowest BCUT2D eigenvalue weighted by molar-refractivity contribution is -0.384. The number of nitrogens with zero attached hydrogens (tertiary/aromatic N) is 1. The molecule has 1 aromatic carbocycles. The number of aliphatic hydroxyl groups is 1. The van der Waals surface area contributed by atoms with Gasteiger partial charge < -0.3 is 15.2 Å². The highest BCUT2D eigenvalue weighted by Gasteiger charge is 2.09. The third-order valence-electron chi connectivity index (χ3n) is 2.40. The first-order chi connectivity index (χ1) is 8.99. The number of rotatable bonds is 8. The predicted molar refractivity (Wildman–Crippen MR) is 72.3 cm³/mol. The van der Waals surface area contributed by atoms with Crippen LogP contribution in [0.1, 0.15) is 13.8 Å². The third-order valence-corrected chi connectivity index (χ3v) is 2.40. The summed E-state index contributed by atoms with van der Waals surface area (Å²) in [4.78, 5) is 10.1. The smallest absolute Gasteiger partial charge is 0.273 e. The Bertz CT molecular complexity index is 409. The van der Waals surface area contributed by atoms with E-state index in [0.717, 1.165) is 6.54 Å². The maximum absolute atomic E-state index is 10.6. The second-order valence-corrected chi connectivity index (χ2v) is 4.77. The molecule has 0 aliphatic carbocycles. The van der Waals surface area contributed by atoms with Crippen LogP contribution in [0.4, 0.5) is 5.69 Å². The molecule has 0 saturated heterocycles. The van der Waals surface area contributed by atoms with Gasteiger partial charge in [-0.05, 0) is 18.5 Å². The van der Waals surface area contributed by atoms with Crippen LogP contribution in [-0.4, -0.2) is 35.8 Å². The van der Waals surface area contributed by atoms with Gasteiger partial charge in [0.1, 0.15) is 18.5 Å². The molecule has 0 fully saturated rings. The van der Waals surface area contributed by atoms with E-state index in [9.17, 15) is 15.2 Å². The second kappa shape index (κ2) is 7.70. The van der Waals surface area contributed by atoms with Crippen LogP contribution >= 0.6 is 0 Å². The molecule has 0 heterocycles. The fourth-order valence-electron chi connectivity index (χ4n) is 1.48. The summed E-state index contributed by atoms with van der Waals surface area (Å²) in [6.45, 7) is 5.53. The van der Waals surface area contributed by atoms with E-state index >= 15 is 0 Å². The summed E-state index contributed by atoms with van der Waals surface area (Å²) in [5.41, 5.74) is -0.0232. The van der Waals surface area contributed by atoms with E-state index in [2.05, 4.69) is 19.2 Å². The molecule has 1 atom stereocenters. The van der Waals surface area contributed by atoms with Gasteiger partial charge in [-0.2, -0.15) is 0 Å². The van der Waals surface area contributed by atoms with Crippen molar-refractivity contribution in [1.29, 1.82) is 0 Å². The van der Waals surface area contributed by atoms with Gasteiger partial charge in [-0.1, -0.05) is 19.9 Å². The molecule has 0 radical (unpaired) electrons. The highest BCUT2D eigenvalue weighted by Crippen LogP contribution is 2.19. The minimum atomic E-state index is -0.641. The van der Waals surface area contributed by atoms with Gasteiger partial charge in [0.05, 0.1) is 11.0 Å². The number of nitro benzene ring substituents is 1. The zero-order valence-corrected chi connectivity index (χ0v) is 11.2. The van der Waals surface area contributed by atoms with Crippen molar-refractivity contribution < 1.29 is 14.8 Å². The molecule has 1 rings (SSSR count). The summed E-state index contributed by atoms with van der Waals surface area (Å²) >= 11 is 0. The zero-order valence-electron chi connectivity index (χ0n) is 11.2. The summed E-state index contributed by atoms with van der Waals surface area (Å²) in [5, 5.41) is 23.4. The molecular formula is C13H20N2O4. The minimum absolute atomic E-state index is 0.0232. The Labute approximate surface area is 112 Å². The average molecular weight is 268 g/mol. The van der Waals surface area contributed by atoms with Gasteiger partial charge in [0, 0.05) is 12.6 Å². The van der Waals surface area contributed by atoms with Crippen molar-refractivity contribution in [1.82, 2.24) is 5.32 Å². The molecule has 0 aliphatic rings. The van der Waals surface area contributed by atoms with Crippen molar-refractivity contribution in [2.24, 2.45) is 5.92 Å². The van der Waals surface area contributed by atoms with Crippen molar-refractivity contribution in [3.63, 3.8) is 0 Å². The number of hydrogen-bond donors (Lipinski definition) is 2. The molecule has 1 unspecified atom stereocenters. The van der Waals surface area contributed by atoms with Crippen LogP contribution < -0.4 is 10.1 Å². The lowest BCUT2D eigenvalue weighted by Crippen LogP contribution is -2.33. The monoisotopic (exact) mass is 268 g/mol. The Hall–Kier alpha value is -1.66. The van der Waals surface area contributed by atoms with Gasteiger partial charge in [0.25, 0.3) is 5.69 Å². The second-order valence-electron chi connectivity index (χ2n) is 4.77. The largest absolute Gasteiger partial charge is 0.491 e. The van der Waals surface area contributed by atoms with Crippen molar-refractivity contribution >= 4 is 5.69 Å². The van der Waals surface area contributed by atoms with E-state index in [4.69, 9.17) is 4.74 Å². The molecule has 0 aliphatic heterocycles. The van der Waals surface area contributed by atoms with E-state index in [1.54, 1.807) is 12.1 Å². The van der Waals surface area contributed by atoms with Crippen molar-refractivity contribution in [2.75, 3.05) is 19.7 Å². The Morgan fingerprint density at radius 2 is 2.16 bits per heavy atom. The first-order valence-electron chi connectivity index (χ1n) is 6.25. The van der Waals surface area contributed by atoms with Crippen LogP contribution in [0.15, 0.2) is 24.3 Å². The van der Waals surface area contributed by atoms with Crippen LogP contribution in [0.3, 0.4) is 0 Å². The normalized spacial score (nSPS) is 12.4. The Morgan fingerprint density at radius 1 is 1.42 bits per heavy atom. The number of ether oxygens (including phenoxy) is 1. The molecule has 6 heteroatoms. The van der Waals surface area contributed by atoms with Crippen LogP contribution in [0.5, 0.6) is 5.75 Å². The zero-order chi connectivity index (χ0) is 14.3. The van der Waals surface area contributed by atoms with Crippen molar-refractivity contribution in [3.05, 3.63) is 34.4 Å².